The largest absolute Gasteiger partial charge is 0.352 e. The van der Waals surface area contributed by atoms with Crippen LogP contribution in [0.25, 0.3) is 11.6 Å². The Morgan fingerprint density at radius 1 is 1.12 bits per heavy atom. The number of anilines is 1. The quantitative estimate of drug-likeness (QED) is 0.636. The molecule has 1 atom stereocenters. The van der Waals surface area contributed by atoms with Gasteiger partial charge in [-0.25, -0.2) is 14.8 Å². The van der Waals surface area contributed by atoms with Crippen LogP contribution >= 0.6 is 11.6 Å². The van der Waals surface area contributed by atoms with Crippen LogP contribution < -0.4 is 10.2 Å². The van der Waals surface area contributed by atoms with Gasteiger partial charge in [-0.15, -0.1) is 0 Å². The van der Waals surface area contributed by atoms with Gasteiger partial charge in [0.2, 0.25) is 0 Å². The SMILES string of the molecule is C[C@@H]1CN(c2ncnc3c2C=C(c2ccncc2)C3)CCN1C(=O)NCc1ccc(Cl)cc1. The molecule has 1 aliphatic heterocycles. The number of nitrogens with zero attached hydrogens (tertiary/aromatic N) is 5. The molecule has 7 nitrogen and oxygen atoms in total. The minimum absolute atomic E-state index is 0.0510. The molecule has 3 aromatic rings. The maximum Gasteiger partial charge on any atom is 0.318 e. The van der Waals surface area contributed by atoms with E-state index in [0.717, 1.165) is 47.7 Å². The number of pyridine rings is 1. The number of allylic oxidation sites excluding steroid dienone is 1. The number of aromatic nitrogens is 3. The fourth-order valence-electron chi connectivity index (χ4n) is 4.45. The predicted octanol–water partition coefficient (Wildman–Crippen LogP) is 4.04. The third-order valence-corrected chi connectivity index (χ3v) is 6.47. The molecule has 0 radical (unpaired) electrons. The van der Waals surface area contributed by atoms with Crippen molar-refractivity contribution in [2.45, 2.75) is 25.9 Å². The summed E-state index contributed by atoms with van der Waals surface area (Å²) in [4.78, 5) is 30.2. The van der Waals surface area contributed by atoms with E-state index in [9.17, 15) is 4.79 Å². The third kappa shape index (κ3) is 4.54. The van der Waals surface area contributed by atoms with Crippen molar-refractivity contribution >= 4 is 35.1 Å². The number of hydrogen-bond acceptors (Lipinski definition) is 5. The second-order valence-corrected chi connectivity index (χ2v) is 8.85. The standard InChI is InChI=1S/C25H25ClN6O/c1-17-15-31(10-11-32(17)25(33)28-14-18-2-4-21(26)5-3-18)24-22-12-20(13-23(22)29-16-30-24)19-6-8-27-9-7-19/h2-9,12,16-17H,10-11,13-15H2,1H3,(H,28,33)/t17-/m1/s1. The van der Waals surface area contributed by atoms with Crippen LogP contribution in [0.2, 0.25) is 5.02 Å². The molecule has 1 aliphatic carbocycles. The second-order valence-electron chi connectivity index (χ2n) is 8.41. The minimum atomic E-state index is -0.0510. The summed E-state index contributed by atoms with van der Waals surface area (Å²) in [6.45, 7) is 4.63. The number of fused-ring (bicyclic) bond motifs is 1. The number of carbonyl (C=O) groups is 1. The van der Waals surface area contributed by atoms with Crippen molar-refractivity contribution in [2.24, 2.45) is 0 Å². The number of carbonyl (C=O) groups excluding carboxylic acids is 1. The highest BCUT2D eigenvalue weighted by molar-refractivity contribution is 6.30. The topological polar surface area (TPSA) is 74.2 Å². The first-order chi connectivity index (χ1) is 16.1. The smallest absolute Gasteiger partial charge is 0.318 e. The van der Waals surface area contributed by atoms with Crippen molar-refractivity contribution in [1.29, 1.82) is 0 Å². The van der Waals surface area contributed by atoms with Gasteiger partial charge in [-0.2, -0.15) is 0 Å². The van der Waals surface area contributed by atoms with Crippen LogP contribution in [-0.4, -0.2) is 51.6 Å². The zero-order valence-corrected chi connectivity index (χ0v) is 19.2. The van der Waals surface area contributed by atoms with Gasteiger partial charge in [0.1, 0.15) is 12.1 Å². The van der Waals surface area contributed by atoms with Gasteiger partial charge in [0.25, 0.3) is 0 Å². The average Bonchev–Trinajstić information content (AvgIpc) is 3.28. The Labute approximate surface area is 198 Å². The molecule has 3 heterocycles. The van der Waals surface area contributed by atoms with Crippen LogP contribution in [0.4, 0.5) is 10.6 Å². The summed E-state index contributed by atoms with van der Waals surface area (Å²) in [5, 5.41) is 3.71. The van der Waals surface area contributed by atoms with E-state index in [-0.39, 0.29) is 12.1 Å². The van der Waals surface area contributed by atoms with E-state index in [1.807, 2.05) is 53.7 Å². The molecule has 1 aromatic carbocycles. The highest BCUT2D eigenvalue weighted by Gasteiger charge is 2.30. The lowest BCUT2D eigenvalue weighted by atomic mass is 10.1. The summed E-state index contributed by atoms with van der Waals surface area (Å²) in [5.41, 5.74) is 5.53. The Hall–Kier alpha value is -3.45. The van der Waals surface area contributed by atoms with E-state index in [1.54, 1.807) is 6.33 Å². The second kappa shape index (κ2) is 9.19. The number of amides is 2. The van der Waals surface area contributed by atoms with E-state index in [2.05, 4.69) is 38.2 Å². The molecule has 2 aromatic heterocycles. The van der Waals surface area contributed by atoms with E-state index >= 15 is 0 Å². The molecule has 1 fully saturated rings. The molecule has 0 saturated carbocycles. The van der Waals surface area contributed by atoms with Crippen molar-refractivity contribution < 1.29 is 4.79 Å². The number of rotatable bonds is 4. The van der Waals surface area contributed by atoms with Gasteiger partial charge >= 0.3 is 6.03 Å². The maximum atomic E-state index is 12.8. The van der Waals surface area contributed by atoms with Crippen LogP contribution in [0.15, 0.2) is 55.1 Å². The monoisotopic (exact) mass is 460 g/mol. The van der Waals surface area contributed by atoms with Gasteiger partial charge in [-0.3, -0.25) is 4.98 Å². The Bertz CT molecular complexity index is 1180. The van der Waals surface area contributed by atoms with Crippen molar-refractivity contribution in [3.63, 3.8) is 0 Å². The normalized spacial score (nSPS) is 17.5. The van der Waals surface area contributed by atoms with Gasteiger partial charge in [0.15, 0.2) is 0 Å². The summed E-state index contributed by atoms with van der Waals surface area (Å²) >= 11 is 5.94. The summed E-state index contributed by atoms with van der Waals surface area (Å²) in [5.74, 6) is 0.942. The molecule has 0 unspecified atom stereocenters. The van der Waals surface area contributed by atoms with Crippen molar-refractivity contribution in [3.05, 3.63) is 82.5 Å². The summed E-state index contributed by atoms with van der Waals surface area (Å²) in [6, 6.07) is 11.6. The molecule has 168 valence electrons. The lowest BCUT2D eigenvalue weighted by molar-refractivity contribution is 0.171. The average molecular weight is 461 g/mol. The fourth-order valence-corrected chi connectivity index (χ4v) is 4.58. The molecule has 0 spiro atoms. The molecule has 1 saturated heterocycles. The van der Waals surface area contributed by atoms with Crippen LogP contribution in [0, 0.1) is 0 Å². The van der Waals surface area contributed by atoms with Gasteiger partial charge in [-0.05, 0) is 54.0 Å². The lowest BCUT2D eigenvalue weighted by Gasteiger charge is -2.40. The fraction of sp³-hybridized carbons (Fsp3) is 0.280. The van der Waals surface area contributed by atoms with Gasteiger partial charge in [0.05, 0.1) is 5.69 Å². The summed E-state index contributed by atoms with van der Waals surface area (Å²) in [7, 11) is 0. The van der Waals surface area contributed by atoms with Crippen LogP contribution in [0.1, 0.15) is 29.3 Å². The highest BCUT2D eigenvalue weighted by Crippen LogP contribution is 2.35. The van der Waals surface area contributed by atoms with Crippen LogP contribution in [-0.2, 0) is 13.0 Å². The Balaban J connectivity index is 1.26. The summed E-state index contributed by atoms with van der Waals surface area (Å²) < 4.78 is 0. The molecule has 2 aliphatic rings. The molecule has 2 amide bonds. The minimum Gasteiger partial charge on any atom is -0.352 e. The van der Waals surface area contributed by atoms with E-state index < -0.39 is 0 Å². The van der Waals surface area contributed by atoms with Gasteiger partial charge < -0.3 is 15.1 Å². The number of hydrogen-bond donors (Lipinski definition) is 1. The number of benzene rings is 1. The number of piperazine rings is 1. The van der Waals surface area contributed by atoms with Crippen molar-refractivity contribution in [1.82, 2.24) is 25.2 Å². The molecule has 1 N–H and O–H groups in total. The van der Waals surface area contributed by atoms with E-state index in [4.69, 9.17) is 11.6 Å². The van der Waals surface area contributed by atoms with E-state index in [0.29, 0.717) is 18.1 Å². The predicted molar refractivity (Wildman–Crippen MR) is 130 cm³/mol. The van der Waals surface area contributed by atoms with E-state index in [1.165, 1.54) is 5.57 Å². The Kier molecular flexibility index (Phi) is 5.96. The summed E-state index contributed by atoms with van der Waals surface area (Å²) in [6.07, 6.45) is 8.25. The number of urea groups is 1. The molecule has 8 heteroatoms. The van der Waals surface area contributed by atoms with Crippen molar-refractivity contribution in [2.75, 3.05) is 24.5 Å². The first kappa shape index (κ1) is 21.4. The molecule has 33 heavy (non-hydrogen) atoms. The third-order valence-electron chi connectivity index (χ3n) is 6.22. The first-order valence-corrected chi connectivity index (χ1v) is 11.4. The Morgan fingerprint density at radius 2 is 1.91 bits per heavy atom. The molecular formula is C25H25ClN6O. The molecule has 5 rings (SSSR count). The maximum absolute atomic E-state index is 12.8. The first-order valence-electron chi connectivity index (χ1n) is 11.1. The van der Waals surface area contributed by atoms with Crippen molar-refractivity contribution in [3.8, 4) is 0 Å². The van der Waals surface area contributed by atoms with Gasteiger partial charge in [0, 0.05) is 61.6 Å². The number of halogens is 1. The zero-order chi connectivity index (χ0) is 22.8. The van der Waals surface area contributed by atoms with Gasteiger partial charge in [-0.1, -0.05) is 23.7 Å². The Morgan fingerprint density at radius 3 is 2.67 bits per heavy atom. The van der Waals surface area contributed by atoms with Crippen LogP contribution in [0.5, 0.6) is 0 Å². The zero-order valence-electron chi connectivity index (χ0n) is 18.4. The molecular weight excluding hydrogens is 436 g/mol. The molecule has 0 bridgehead atoms. The lowest BCUT2D eigenvalue weighted by Crippen LogP contribution is -2.56. The highest BCUT2D eigenvalue weighted by atomic mass is 35.5. The van der Waals surface area contributed by atoms with Crippen LogP contribution in [0.3, 0.4) is 0 Å². The number of nitrogens with one attached hydrogen (secondary N) is 1.